The van der Waals surface area contributed by atoms with E-state index >= 15 is 0 Å². The number of tetrazole rings is 1. The normalized spacial score (nSPS) is 11.6. The molecule has 0 saturated carbocycles. The summed E-state index contributed by atoms with van der Waals surface area (Å²) in [6.07, 6.45) is 0. The molecule has 0 amide bonds. The lowest BCUT2D eigenvalue weighted by atomic mass is 10.2. The van der Waals surface area contributed by atoms with Gasteiger partial charge in [0.25, 0.3) is 0 Å². The Kier molecular flexibility index (Phi) is 3.90. The Bertz CT molecular complexity index is 918. The molecule has 0 unspecified atom stereocenters. The largest absolute Gasteiger partial charge is 0.392 e. The van der Waals surface area contributed by atoms with Gasteiger partial charge in [-0.05, 0) is 52.4 Å². The SMILES string of the molecule is NS(=O)(=O)c1ccc(-c2nnnn2-c2ccc(CO)cc2)cc1. The molecule has 0 aliphatic rings. The van der Waals surface area contributed by atoms with Crippen molar-refractivity contribution in [2.24, 2.45) is 5.14 Å². The molecule has 23 heavy (non-hydrogen) atoms. The number of aromatic nitrogens is 4. The van der Waals surface area contributed by atoms with E-state index in [9.17, 15) is 8.42 Å². The van der Waals surface area contributed by atoms with Crippen LogP contribution in [0.5, 0.6) is 0 Å². The van der Waals surface area contributed by atoms with Crippen LogP contribution in [0.2, 0.25) is 0 Å². The minimum Gasteiger partial charge on any atom is -0.392 e. The maximum atomic E-state index is 11.3. The Hall–Kier alpha value is -2.62. The van der Waals surface area contributed by atoms with E-state index in [-0.39, 0.29) is 11.5 Å². The van der Waals surface area contributed by atoms with Crippen LogP contribution in [0.1, 0.15) is 5.56 Å². The number of benzene rings is 2. The third-order valence-corrected chi connectivity index (χ3v) is 4.20. The maximum Gasteiger partial charge on any atom is 0.238 e. The molecule has 0 aliphatic carbocycles. The molecule has 3 N–H and O–H groups in total. The van der Waals surface area contributed by atoms with Crippen LogP contribution in [-0.2, 0) is 16.6 Å². The molecular weight excluding hydrogens is 318 g/mol. The molecule has 1 heterocycles. The van der Waals surface area contributed by atoms with Crippen LogP contribution in [-0.4, -0.2) is 33.7 Å². The average molecular weight is 331 g/mol. The highest BCUT2D eigenvalue weighted by Crippen LogP contribution is 2.21. The Labute approximate surface area is 132 Å². The summed E-state index contributed by atoms with van der Waals surface area (Å²) in [5.41, 5.74) is 2.15. The summed E-state index contributed by atoms with van der Waals surface area (Å²) in [5.74, 6) is 0.461. The van der Waals surface area contributed by atoms with Crippen molar-refractivity contribution >= 4 is 10.0 Å². The minimum absolute atomic E-state index is 0.0209. The summed E-state index contributed by atoms with van der Waals surface area (Å²) in [7, 11) is -3.74. The predicted octanol–water partition coefficient (Wildman–Crippen LogP) is 0.469. The Morgan fingerprint density at radius 2 is 1.70 bits per heavy atom. The predicted molar refractivity (Wildman–Crippen MR) is 81.9 cm³/mol. The third-order valence-electron chi connectivity index (χ3n) is 3.27. The van der Waals surface area contributed by atoms with Gasteiger partial charge in [0, 0.05) is 5.56 Å². The van der Waals surface area contributed by atoms with E-state index in [1.54, 1.807) is 36.4 Å². The highest BCUT2D eigenvalue weighted by Gasteiger charge is 2.13. The number of hydrogen-bond donors (Lipinski definition) is 2. The number of nitrogens with two attached hydrogens (primary N) is 1. The fraction of sp³-hybridized carbons (Fsp3) is 0.0714. The zero-order valence-electron chi connectivity index (χ0n) is 11.9. The Morgan fingerprint density at radius 1 is 1.04 bits per heavy atom. The van der Waals surface area contributed by atoms with Gasteiger partial charge in [-0.25, -0.2) is 13.6 Å². The van der Waals surface area contributed by atoms with Crippen LogP contribution in [0.25, 0.3) is 17.1 Å². The van der Waals surface area contributed by atoms with Crippen LogP contribution in [0.4, 0.5) is 0 Å². The van der Waals surface area contributed by atoms with Crippen molar-refractivity contribution < 1.29 is 13.5 Å². The highest BCUT2D eigenvalue weighted by atomic mass is 32.2. The van der Waals surface area contributed by atoms with E-state index in [4.69, 9.17) is 10.2 Å². The molecule has 0 bridgehead atoms. The van der Waals surface area contributed by atoms with Crippen molar-refractivity contribution in [1.82, 2.24) is 20.2 Å². The van der Waals surface area contributed by atoms with Crippen molar-refractivity contribution in [2.45, 2.75) is 11.5 Å². The molecular formula is C14H13N5O3S. The van der Waals surface area contributed by atoms with Crippen molar-refractivity contribution in [3.05, 3.63) is 54.1 Å². The summed E-state index contributed by atoms with van der Waals surface area (Å²) >= 11 is 0. The quantitative estimate of drug-likeness (QED) is 0.716. The molecule has 8 nitrogen and oxygen atoms in total. The van der Waals surface area contributed by atoms with Gasteiger partial charge in [-0.15, -0.1) is 5.10 Å². The topological polar surface area (TPSA) is 124 Å². The number of sulfonamides is 1. The van der Waals surface area contributed by atoms with Crippen LogP contribution >= 0.6 is 0 Å². The number of aliphatic hydroxyl groups excluding tert-OH is 1. The zero-order valence-corrected chi connectivity index (χ0v) is 12.7. The van der Waals surface area contributed by atoms with Crippen LogP contribution in [0, 0.1) is 0 Å². The summed E-state index contributed by atoms with van der Waals surface area (Å²) in [4.78, 5) is 0.0209. The number of aliphatic hydroxyl groups is 1. The summed E-state index contributed by atoms with van der Waals surface area (Å²) in [6.45, 7) is -0.0439. The van der Waals surface area contributed by atoms with Gasteiger partial charge < -0.3 is 5.11 Å². The number of rotatable bonds is 4. The standard InChI is InChI=1S/C14H13N5O3S/c15-23(21,22)13-7-3-11(4-8-13)14-16-17-18-19(14)12-5-1-10(9-20)2-6-12/h1-8,20H,9H2,(H2,15,21,22). The van der Waals surface area contributed by atoms with Gasteiger partial charge in [0.05, 0.1) is 17.2 Å². The zero-order chi connectivity index (χ0) is 16.4. The molecule has 1 aromatic heterocycles. The molecule has 2 aromatic carbocycles. The second-order valence-electron chi connectivity index (χ2n) is 4.81. The Morgan fingerprint density at radius 3 is 2.26 bits per heavy atom. The number of primary sulfonamides is 1. The van der Waals surface area contributed by atoms with Crippen LogP contribution < -0.4 is 5.14 Å². The average Bonchev–Trinajstić information content (AvgIpc) is 3.04. The first-order valence-corrected chi connectivity index (χ1v) is 8.15. The lowest BCUT2D eigenvalue weighted by Gasteiger charge is -2.06. The van der Waals surface area contributed by atoms with Gasteiger partial charge in [0.2, 0.25) is 10.0 Å². The molecule has 0 aliphatic heterocycles. The van der Waals surface area contributed by atoms with E-state index in [0.717, 1.165) is 11.3 Å². The molecule has 0 fully saturated rings. The van der Waals surface area contributed by atoms with Crippen molar-refractivity contribution in [3.8, 4) is 17.1 Å². The molecule has 0 saturated heterocycles. The number of hydrogen-bond acceptors (Lipinski definition) is 6. The number of nitrogens with zero attached hydrogens (tertiary/aromatic N) is 4. The lowest BCUT2D eigenvalue weighted by Crippen LogP contribution is -2.11. The summed E-state index contributed by atoms with van der Waals surface area (Å²) in [5, 5.41) is 25.7. The van der Waals surface area contributed by atoms with Gasteiger partial charge in [0.1, 0.15) is 0 Å². The van der Waals surface area contributed by atoms with Crippen molar-refractivity contribution in [3.63, 3.8) is 0 Å². The first kappa shape index (κ1) is 15.3. The van der Waals surface area contributed by atoms with Gasteiger partial charge in [-0.2, -0.15) is 4.68 Å². The molecule has 0 radical (unpaired) electrons. The van der Waals surface area contributed by atoms with Gasteiger partial charge in [-0.3, -0.25) is 0 Å². The molecule has 3 aromatic rings. The fourth-order valence-corrected chi connectivity index (χ4v) is 2.59. The summed E-state index contributed by atoms with van der Waals surface area (Å²) in [6, 6.07) is 13.1. The third kappa shape index (κ3) is 3.11. The van der Waals surface area contributed by atoms with E-state index in [0.29, 0.717) is 11.4 Å². The first-order chi connectivity index (χ1) is 11.0. The van der Waals surface area contributed by atoms with E-state index in [1.165, 1.54) is 16.8 Å². The first-order valence-electron chi connectivity index (χ1n) is 6.61. The van der Waals surface area contributed by atoms with Crippen LogP contribution in [0.15, 0.2) is 53.4 Å². The minimum atomic E-state index is -3.74. The fourth-order valence-electron chi connectivity index (χ4n) is 2.08. The molecule has 0 spiro atoms. The van der Waals surface area contributed by atoms with E-state index in [1.807, 2.05) is 0 Å². The van der Waals surface area contributed by atoms with E-state index in [2.05, 4.69) is 15.5 Å². The molecule has 9 heteroatoms. The Balaban J connectivity index is 2.00. The smallest absolute Gasteiger partial charge is 0.238 e. The van der Waals surface area contributed by atoms with Crippen molar-refractivity contribution in [1.29, 1.82) is 0 Å². The molecule has 118 valence electrons. The van der Waals surface area contributed by atoms with Crippen molar-refractivity contribution in [2.75, 3.05) is 0 Å². The molecule has 0 atom stereocenters. The van der Waals surface area contributed by atoms with Gasteiger partial charge in [0.15, 0.2) is 5.82 Å². The maximum absolute atomic E-state index is 11.3. The van der Waals surface area contributed by atoms with Gasteiger partial charge >= 0.3 is 0 Å². The van der Waals surface area contributed by atoms with E-state index < -0.39 is 10.0 Å². The monoisotopic (exact) mass is 331 g/mol. The second kappa shape index (κ2) is 5.88. The highest BCUT2D eigenvalue weighted by molar-refractivity contribution is 7.89. The summed E-state index contributed by atoms with van der Waals surface area (Å²) < 4.78 is 24.1. The lowest BCUT2D eigenvalue weighted by molar-refractivity contribution is 0.282. The van der Waals surface area contributed by atoms with Crippen LogP contribution in [0.3, 0.4) is 0 Å². The second-order valence-corrected chi connectivity index (χ2v) is 6.37. The van der Waals surface area contributed by atoms with Gasteiger partial charge in [-0.1, -0.05) is 12.1 Å². The molecule has 3 rings (SSSR count).